The molecule has 0 aliphatic carbocycles. The van der Waals surface area contributed by atoms with Crippen molar-refractivity contribution in [2.75, 3.05) is 13.2 Å². The van der Waals surface area contributed by atoms with Crippen molar-refractivity contribution < 1.29 is 9.63 Å². The van der Waals surface area contributed by atoms with Gasteiger partial charge in [-0.15, -0.1) is 0 Å². The maximum Gasteiger partial charge on any atom is 0.148 e. The number of rotatable bonds is 2. The predicted molar refractivity (Wildman–Crippen MR) is 41.3 cm³/mol. The molecule has 0 amide bonds. The number of allylic oxidation sites excluding steroid dienone is 1. The third kappa shape index (κ3) is 1.93. The molecule has 1 rings (SSSR count). The fourth-order valence-electron chi connectivity index (χ4n) is 0.956. The van der Waals surface area contributed by atoms with Crippen LogP contribution in [0.15, 0.2) is 17.8 Å². The van der Waals surface area contributed by atoms with Gasteiger partial charge >= 0.3 is 0 Å². The Kier molecular flexibility index (Phi) is 2.90. The van der Waals surface area contributed by atoms with E-state index in [1.54, 1.807) is 5.06 Å². The van der Waals surface area contributed by atoms with Gasteiger partial charge in [-0.1, -0.05) is 12.2 Å². The summed E-state index contributed by atoms with van der Waals surface area (Å²) < 4.78 is 0. The Balaban J connectivity index is 2.62. The van der Waals surface area contributed by atoms with Gasteiger partial charge in [-0.05, 0) is 6.92 Å². The molecule has 0 aromatic rings. The Labute approximate surface area is 65.9 Å². The van der Waals surface area contributed by atoms with Crippen molar-refractivity contribution in [3.05, 3.63) is 17.8 Å². The molecule has 0 saturated carbocycles. The molecule has 0 aromatic carbocycles. The summed E-state index contributed by atoms with van der Waals surface area (Å²) in [5.74, 6) is 1.86. The molecule has 1 aliphatic rings. The van der Waals surface area contributed by atoms with Crippen LogP contribution in [0.5, 0.6) is 0 Å². The van der Waals surface area contributed by atoms with Crippen molar-refractivity contribution in [1.82, 2.24) is 5.06 Å². The van der Waals surface area contributed by atoms with E-state index in [9.17, 15) is 4.79 Å². The summed E-state index contributed by atoms with van der Waals surface area (Å²) in [6.07, 6.45) is 4.54. The van der Waals surface area contributed by atoms with Crippen LogP contribution >= 0.6 is 0 Å². The Bertz CT molecular complexity index is 204. The fourth-order valence-corrected chi connectivity index (χ4v) is 0.956. The number of hydrogen-bond acceptors (Lipinski definition) is 3. The van der Waals surface area contributed by atoms with Crippen molar-refractivity contribution in [3.63, 3.8) is 0 Å². The summed E-state index contributed by atoms with van der Waals surface area (Å²) in [5, 5.41) is 1.58. The standard InChI is InChI=1S/C8H11NO2/c1-2-11-9-6-4-3-5-8(9)7-10/h3-4H,2,5-6H2,1H3. The van der Waals surface area contributed by atoms with E-state index < -0.39 is 0 Å². The summed E-state index contributed by atoms with van der Waals surface area (Å²) >= 11 is 0. The molecule has 0 aromatic heterocycles. The highest BCUT2D eigenvalue weighted by Gasteiger charge is 2.11. The quantitative estimate of drug-likeness (QED) is 0.436. The van der Waals surface area contributed by atoms with Gasteiger partial charge in [0.25, 0.3) is 0 Å². The first kappa shape index (κ1) is 8.05. The van der Waals surface area contributed by atoms with Crippen LogP contribution in [0.3, 0.4) is 0 Å². The highest BCUT2D eigenvalue weighted by Crippen LogP contribution is 2.11. The van der Waals surface area contributed by atoms with Crippen LogP contribution in [-0.2, 0) is 9.63 Å². The molecule has 3 nitrogen and oxygen atoms in total. The van der Waals surface area contributed by atoms with E-state index in [4.69, 9.17) is 4.84 Å². The minimum atomic E-state index is 0.578. The predicted octanol–water partition coefficient (Wildman–Crippen LogP) is 0.915. The summed E-state index contributed by atoms with van der Waals surface area (Å²) in [5.41, 5.74) is 0.578. The molecule has 0 fully saturated rings. The highest BCUT2D eigenvalue weighted by atomic mass is 16.7. The normalized spacial score (nSPS) is 16.8. The maximum atomic E-state index is 10.3. The van der Waals surface area contributed by atoms with Gasteiger partial charge in [0.1, 0.15) is 11.6 Å². The molecule has 0 bridgehead atoms. The molecule has 0 spiro atoms. The Morgan fingerprint density at radius 2 is 2.55 bits per heavy atom. The summed E-state index contributed by atoms with van der Waals surface area (Å²) in [6, 6.07) is 0. The van der Waals surface area contributed by atoms with E-state index in [2.05, 4.69) is 0 Å². The van der Waals surface area contributed by atoms with Gasteiger partial charge in [0.15, 0.2) is 0 Å². The minimum absolute atomic E-state index is 0.578. The average Bonchev–Trinajstić information content (AvgIpc) is 2.06. The van der Waals surface area contributed by atoms with Crippen molar-refractivity contribution in [3.8, 4) is 0 Å². The largest absolute Gasteiger partial charge is 0.273 e. The van der Waals surface area contributed by atoms with Crippen LogP contribution in [0, 0.1) is 0 Å². The van der Waals surface area contributed by atoms with Gasteiger partial charge in [0.2, 0.25) is 0 Å². The Hall–Kier alpha value is -1.05. The molecule has 0 unspecified atom stereocenters. The molecule has 11 heavy (non-hydrogen) atoms. The van der Waals surface area contributed by atoms with Crippen LogP contribution in [0.1, 0.15) is 13.3 Å². The second-order valence-corrected chi connectivity index (χ2v) is 2.20. The fraction of sp³-hybridized carbons (Fsp3) is 0.500. The highest BCUT2D eigenvalue weighted by molar-refractivity contribution is 5.52. The van der Waals surface area contributed by atoms with E-state index in [0.29, 0.717) is 25.3 Å². The zero-order valence-corrected chi connectivity index (χ0v) is 6.54. The summed E-state index contributed by atoms with van der Waals surface area (Å²) in [7, 11) is 0. The third-order valence-corrected chi connectivity index (χ3v) is 1.45. The van der Waals surface area contributed by atoms with Crippen LogP contribution in [0.25, 0.3) is 0 Å². The Morgan fingerprint density at radius 1 is 1.73 bits per heavy atom. The van der Waals surface area contributed by atoms with E-state index in [-0.39, 0.29) is 0 Å². The second kappa shape index (κ2) is 3.96. The van der Waals surface area contributed by atoms with E-state index in [0.717, 1.165) is 0 Å². The van der Waals surface area contributed by atoms with Crippen molar-refractivity contribution in [2.24, 2.45) is 0 Å². The molecule has 1 aliphatic heterocycles. The lowest BCUT2D eigenvalue weighted by atomic mass is 10.2. The lowest BCUT2D eigenvalue weighted by Crippen LogP contribution is -2.26. The van der Waals surface area contributed by atoms with E-state index in [1.807, 2.05) is 25.0 Å². The monoisotopic (exact) mass is 153 g/mol. The van der Waals surface area contributed by atoms with Crippen LogP contribution < -0.4 is 0 Å². The summed E-state index contributed by atoms with van der Waals surface area (Å²) in [4.78, 5) is 15.5. The van der Waals surface area contributed by atoms with Gasteiger partial charge < -0.3 is 0 Å². The van der Waals surface area contributed by atoms with Gasteiger partial charge in [0.05, 0.1) is 13.2 Å². The van der Waals surface area contributed by atoms with Crippen molar-refractivity contribution >= 4 is 5.94 Å². The Morgan fingerprint density at radius 3 is 3.18 bits per heavy atom. The molecule has 60 valence electrons. The van der Waals surface area contributed by atoms with Gasteiger partial charge in [-0.2, -0.15) is 0 Å². The zero-order valence-electron chi connectivity index (χ0n) is 6.54. The minimum Gasteiger partial charge on any atom is -0.273 e. The van der Waals surface area contributed by atoms with Gasteiger partial charge in [-0.3, -0.25) is 4.84 Å². The van der Waals surface area contributed by atoms with Crippen LogP contribution in [0.2, 0.25) is 0 Å². The molecular formula is C8H11NO2. The van der Waals surface area contributed by atoms with Gasteiger partial charge in [0, 0.05) is 6.42 Å². The van der Waals surface area contributed by atoms with Gasteiger partial charge in [-0.25, -0.2) is 9.86 Å². The molecule has 1 heterocycles. The van der Waals surface area contributed by atoms with Crippen molar-refractivity contribution in [2.45, 2.75) is 13.3 Å². The second-order valence-electron chi connectivity index (χ2n) is 2.20. The average molecular weight is 153 g/mol. The third-order valence-electron chi connectivity index (χ3n) is 1.45. The molecule has 0 radical (unpaired) electrons. The number of carbonyl (C=O) groups excluding carboxylic acids is 1. The summed E-state index contributed by atoms with van der Waals surface area (Å²) in [6.45, 7) is 3.12. The first-order valence-corrected chi connectivity index (χ1v) is 3.68. The van der Waals surface area contributed by atoms with E-state index in [1.165, 1.54) is 0 Å². The topological polar surface area (TPSA) is 29.5 Å². The zero-order chi connectivity index (χ0) is 8.10. The maximum absolute atomic E-state index is 10.3. The molecule has 0 saturated heterocycles. The van der Waals surface area contributed by atoms with Crippen LogP contribution in [-0.4, -0.2) is 24.2 Å². The van der Waals surface area contributed by atoms with E-state index >= 15 is 0 Å². The lowest BCUT2D eigenvalue weighted by molar-refractivity contribution is -0.120. The van der Waals surface area contributed by atoms with Crippen molar-refractivity contribution in [1.29, 1.82) is 0 Å². The lowest BCUT2D eigenvalue weighted by Gasteiger charge is -2.23. The first-order valence-electron chi connectivity index (χ1n) is 3.68. The SMILES string of the molecule is CCON1CC=CCC1=C=O. The number of nitrogens with zero attached hydrogens (tertiary/aromatic N) is 1. The molecule has 0 atom stereocenters. The molecular weight excluding hydrogens is 142 g/mol. The smallest absolute Gasteiger partial charge is 0.148 e. The van der Waals surface area contributed by atoms with Crippen LogP contribution in [0.4, 0.5) is 0 Å². The first-order chi connectivity index (χ1) is 5.38. The number of hydrogen-bond donors (Lipinski definition) is 0. The number of hydroxylamine groups is 2. The molecule has 3 heteroatoms. The molecule has 0 N–H and O–H groups in total.